The van der Waals surface area contributed by atoms with E-state index in [4.69, 9.17) is 4.74 Å². The van der Waals surface area contributed by atoms with Crippen LogP contribution in [0.4, 0.5) is 0 Å². The van der Waals surface area contributed by atoms with Gasteiger partial charge in [0.15, 0.2) is 0 Å². The molecule has 0 N–H and O–H groups in total. The lowest BCUT2D eigenvalue weighted by Crippen LogP contribution is -2.40. The highest BCUT2D eigenvalue weighted by Crippen LogP contribution is 2.29. The maximum atomic E-state index is 13.1. The minimum absolute atomic E-state index is 0.0594. The molecule has 0 saturated carbocycles. The molecule has 1 fully saturated rings. The highest BCUT2D eigenvalue weighted by atomic mass is 32.1. The van der Waals surface area contributed by atoms with Gasteiger partial charge in [0.05, 0.1) is 5.69 Å². The van der Waals surface area contributed by atoms with Crippen molar-refractivity contribution in [2.24, 2.45) is 5.92 Å². The fraction of sp³-hybridized carbons (Fsp3) is 0.778. The Morgan fingerprint density at radius 1 is 1.35 bits per heavy atom. The topological polar surface area (TPSA) is 42.4 Å². The largest absolute Gasteiger partial charge is 0.375 e. The summed E-state index contributed by atoms with van der Waals surface area (Å²) in [5.74, 6) is 0.780. The average Bonchev–Trinajstić information content (AvgIpc) is 2.75. The van der Waals surface area contributed by atoms with Gasteiger partial charge < -0.3 is 9.64 Å². The Labute approximate surface area is 144 Å². The Morgan fingerprint density at radius 2 is 2.09 bits per heavy atom. The van der Waals surface area contributed by atoms with Crippen LogP contribution >= 0.6 is 11.3 Å². The molecule has 0 aromatic carbocycles. The molecule has 2 rings (SSSR count). The van der Waals surface area contributed by atoms with Crippen LogP contribution in [0.15, 0.2) is 0 Å². The third-order valence-electron chi connectivity index (χ3n) is 4.59. The number of amides is 1. The third kappa shape index (κ3) is 4.54. The Kier molecular flexibility index (Phi) is 6.60. The second-order valence-electron chi connectivity index (χ2n) is 6.98. The van der Waals surface area contributed by atoms with Crippen LogP contribution in [0, 0.1) is 12.8 Å². The number of ether oxygens (including phenoxy) is 1. The molecule has 1 aromatic rings. The van der Waals surface area contributed by atoms with Crippen LogP contribution in [0.2, 0.25) is 0 Å². The van der Waals surface area contributed by atoms with Crippen molar-refractivity contribution < 1.29 is 9.53 Å². The molecule has 0 aliphatic carbocycles. The van der Waals surface area contributed by atoms with Gasteiger partial charge >= 0.3 is 0 Å². The second-order valence-corrected chi connectivity index (χ2v) is 8.01. The quantitative estimate of drug-likeness (QED) is 0.788. The Balaban J connectivity index is 2.23. The van der Waals surface area contributed by atoms with Gasteiger partial charge in [0, 0.05) is 19.7 Å². The number of aromatic nitrogens is 1. The summed E-state index contributed by atoms with van der Waals surface area (Å²) >= 11 is 1.49. The summed E-state index contributed by atoms with van der Waals surface area (Å²) in [6.07, 6.45) is 5.73. The van der Waals surface area contributed by atoms with E-state index in [1.807, 2.05) is 13.8 Å². The Bertz CT molecular complexity index is 527. The Morgan fingerprint density at radius 3 is 2.74 bits per heavy atom. The maximum Gasteiger partial charge on any atom is 0.266 e. The number of hydrogen-bond donors (Lipinski definition) is 0. The van der Waals surface area contributed by atoms with Crippen LogP contribution in [-0.4, -0.2) is 35.5 Å². The molecule has 0 radical (unpaired) electrons. The van der Waals surface area contributed by atoms with E-state index in [9.17, 15) is 4.79 Å². The molecular formula is C18H30N2O2S. The van der Waals surface area contributed by atoms with Crippen molar-refractivity contribution in [2.45, 2.75) is 71.9 Å². The zero-order valence-electron chi connectivity index (χ0n) is 15.1. The number of aryl methyl sites for hydroxylation is 1. The van der Waals surface area contributed by atoms with E-state index in [-0.39, 0.29) is 12.0 Å². The zero-order chi connectivity index (χ0) is 17.0. The highest BCUT2D eigenvalue weighted by Gasteiger charge is 2.29. The first-order chi connectivity index (χ1) is 10.9. The number of hydrogen-bond acceptors (Lipinski definition) is 4. The monoisotopic (exact) mass is 338 g/mol. The van der Waals surface area contributed by atoms with Crippen LogP contribution in [0.3, 0.4) is 0 Å². The van der Waals surface area contributed by atoms with E-state index in [0.717, 1.165) is 41.4 Å². The normalized spacial score (nSPS) is 20.6. The summed E-state index contributed by atoms with van der Waals surface area (Å²) in [6, 6.07) is 0.370. The van der Waals surface area contributed by atoms with Crippen molar-refractivity contribution in [2.75, 3.05) is 13.7 Å². The first-order valence-electron chi connectivity index (χ1n) is 8.75. The van der Waals surface area contributed by atoms with Crippen LogP contribution in [0.25, 0.3) is 0 Å². The van der Waals surface area contributed by atoms with E-state index in [1.54, 1.807) is 7.11 Å². The highest BCUT2D eigenvalue weighted by molar-refractivity contribution is 7.13. The molecule has 130 valence electrons. The van der Waals surface area contributed by atoms with Crippen molar-refractivity contribution in [3.05, 3.63) is 15.6 Å². The van der Waals surface area contributed by atoms with Crippen molar-refractivity contribution >= 4 is 17.2 Å². The fourth-order valence-corrected chi connectivity index (χ4v) is 4.31. The summed E-state index contributed by atoms with van der Waals surface area (Å²) in [5, 5.41) is 0.892. The molecule has 0 bridgehead atoms. The minimum atomic E-state index is -0.0594. The van der Waals surface area contributed by atoms with E-state index in [2.05, 4.69) is 23.7 Å². The van der Waals surface area contributed by atoms with Gasteiger partial charge in [0.2, 0.25) is 0 Å². The number of rotatable bonds is 5. The molecule has 1 amide bonds. The van der Waals surface area contributed by atoms with E-state index in [1.165, 1.54) is 24.2 Å². The predicted octanol–water partition coefficient (Wildman–Crippen LogP) is 4.59. The van der Waals surface area contributed by atoms with Gasteiger partial charge in [-0.25, -0.2) is 4.98 Å². The third-order valence-corrected chi connectivity index (χ3v) is 5.90. The van der Waals surface area contributed by atoms with Crippen LogP contribution in [0.5, 0.6) is 0 Å². The predicted molar refractivity (Wildman–Crippen MR) is 95.0 cm³/mol. The smallest absolute Gasteiger partial charge is 0.266 e. The van der Waals surface area contributed by atoms with E-state index >= 15 is 0 Å². The van der Waals surface area contributed by atoms with Crippen LogP contribution in [0.1, 0.15) is 79.4 Å². The number of carbonyl (C=O) groups excluding carboxylic acids is 1. The average molecular weight is 339 g/mol. The van der Waals surface area contributed by atoms with Gasteiger partial charge in [-0.2, -0.15) is 0 Å². The molecule has 1 aromatic heterocycles. The molecule has 2 atom stereocenters. The van der Waals surface area contributed by atoms with E-state index in [0.29, 0.717) is 12.0 Å². The Hall–Kier alpha value is -0.940. The van der Waals surface area contributed by atoms with Gasteiger partial charge in [0.25, 0.3) is 5.91 Å². The van der Waals surface area contributed by atoms with Gasteiger partial charge in [-0.1, -0.05) is 26.7 Å². The molecular weight excluding hydrogens is 308 g/mol. The number of likely N-dealkylation sites (tertiary alicyclic amines) is 1. The van der Waals surface area contributed by atoms with Crippen molar-refractivity contribution in [3.63, 3.8) is 0 Å². The van der Waals surface area contributed by atoms with Crippen molar-refractivity contribution in [1.29, 1.82) is 0 Å². The number of thiazole rings is 1. The summed E-state index contributed by atoms with van der Waals surface area (Å²) in [5.41, 5.74) is 0.839. The van der Waals surface area contributed by atoms with Gasteiger partial charge in [-0.15, -0.1) is 11.3 Å². The van der Waals surface area contributed by atoms with Crippen molar-refractivity contribution in [1.82, 2.24) is 9.88 Å². The van der Waals surface area contributed by atoms with E-state index < -0.39 is 0 Å². The standard InChI is InChI=1S/C18H30N2O2S/c1-12(2)11-15-9-7-6-8-10-20(15)18(21)16-13(3)19-17(23-16)14(4)22-5/h12,14-15H,6-11H2,1-5H3/t14-,15-/m1/s1. The maximum absolute atomic E-state index is 13.1. The molecule has 5 heteroatoms. The first-order valence-corrected chi connectivity index (χ1v) is 9.56. The van der Waals surface area contributed by atoms with Gasteiger partial charge in [-0.05, 0) is 39.0 Å². The molecule has 1 aliphatic heterocycles. The van der Waals surface area contributed by atoms with Crippen LogP contribution < -0.4 is 0 Å². The lowest BCUT2D eigenvalue weighted by Gasteiger charge is -2.31. The summed E-state index contributed by atoms with van der Waals surface area (Å²) in [6.45, 7) is 9.27. The molecule has 2 heterocycles. The lowest BCUT2D eigenvalue weighted by molar-refractivity contribution is 0.0665. The lowest BCUT2D eigenvalue weighted by atomic mass is 9.98. The molecule has 0 spiro atoms. The minimum Gasteiger partial charge on any atom is -0.375 e. The van der Waals surface area contributed by atoms with Crippen LogP contribution in [-0.2, 0) is 4.74 Å². The summed E-state index contributed by atoms with van der Waals surface area (Å²) < 4.78 is 5.35. The molecule has 4 nitrogen and oxygen atoms in total. The van der Waals surface area contributed by atoms with Gasteiger partial charge in [-0.3, -0.25) is 4.79 Å². The summed E-state index contributed by atoms with van der Waals surface area (Å²) in [4.78, 5) is 20.6. The second kappa shape index (κ2) is 8.25. The molecule has 1 saturated heterocycles. The summed E-state index contributed by atoms with van der Waals surface area (Å²) in [7, 11) is 1.68. The molecule has 1 aliphatic rings. The SMILES string of the molecule is CO[C@H](C)c1nc(C)c(C(=O)N2CCCCC[C@@H]2CC(C)C)s1. The number of nitrogens with zero attached hydrogens (tertiary/aromatic N) is 2. The zero-order valence-corrected chi connectivity index (χ0v) is 15.9. The van der Waals surface area contributed by atoms with Gasteiger partial charge in [0.1, 0.15) is 16.0 Å². The van der Waals surface area contributed by atoms with Crippen molar-refractivity contribution in [3.8, 4) is 0 Å². The fourth-order valence-electron chi connectivity index (χ4n) is 3.25. The molecule has 23 heavy (non-hydrogen) atoms. The number of methoxy groups -OCH3 is 1. The first kappa shape index (κ1) is 18.4. The number of carbonyl (C=O) groups is 1. The molecule has 0 unspecified atom stereocenters.